The Bertz CT molecular complexity index is 1150. The summed E-state index contributed by atoms with van der Waals surface area (Å²) in [5.41, 5.74) is 1.57. The summed E-state index contributed by atoms with van der Waals surface area (Å²) in [7, 11) is 0. The fourth-order valence-electron chi connectivity index (χ4n) is 2.57. The van der Waals surface area contributed by atoms with Gasteiger partial charge in [-0.25, -0.2) is 13.8 Å². The highest BCUT2D eigenvalue weighted by molar-refractivity contribution is 5.94. The van der Waals surface area contributed by atoms with E-state index in [-0.39, 0.29) is 17.3 Å². The van der Waals surface area contributed by atoms with Crippen molar-refractivity contribution in [1.82, 2.24) is 15.1 Å². The van der Waals surface area contributed by atoms with Crippen LogP contribution in [0.15, 0.2) is 59.4 Å². The van der Waals surface area contributed by atoms with Crippen molar-refractivity contribution < 1.29 is 22.8 Å². The van der Waals surface area contributed by atoms with Gasteiger partial charge in [0.2, 0.25) is 5.88 Å². The number of ether oxygens (including phenoxy) is 1. The third-order valence-electron chi connectivity index (χ3n) is 3.83. The molecule has 2 heterocycles. The van der Waals surface area contributed by atoms with Gasteiger partial charge in [-0.2, -0.15) is 4.98 Å². The van der Waals surface area contributed by atoms with Crippen molar-refractivity contribution in [3.05, 3.63) is 66.5 Å². The van der Waals surface area contributed by atoms with E-state index in [0.29, 0.717) is 11.1 Å². The number of fused-ring (bicyclic) bond motifs is 1. The lowest BCUT2D eigenvalue weighted by atomic mass is 10.1. The predicted molar refractivity (Wildman–Crippen MR) is 95.5 cm³/mol. The number of rotatable bonds is 5. The molecule has 0 saturated heterocycles. The second kappa shape index (κ2) is 7.39. The molecule has 0 aliphatic heterocycles. The van der Waals surface area contributed by atoms with Gasteiger partial charge in [-0.05, 0) is 12.1 Å². The highest BCUT2D eigenvalue weighted by Crippen LogP contribution is 2.32. The zero-order valence-electron chi connectivity index (χ0n) is 14.2. The molecule has 0 aliphatic rings. The maximum Gasteiger partial charge on any atom is 0.265 e. The Morgan fingerprint density at radius 2 is 1.89 bits per heavy atom. The van der Waals surface area contributed by atoms with Gasteiger partial charge in [-0.1, -0.05) is 35.5 Å². The quantitative estimate of drug-likeness (QED) is 0.567. The van der Waals surface area contributed by atoms with E-state index in [1.54, 1.807) is 0 Å². The molecule has 2 aromatic carbocycles. The van der Waals surface area contributed by atoms with Crippen LogP contribution < -0.4 is 10.1 Å². The maximum absolute atomic E-state index is 13.2. The maximum atomic E-state index is 13.2. The third-order valence-corrected chi connectivity index (χ3v) is 3.83. The van der Waals surface area contributed by atoms with Crippen molar-refractivity contribution in [3.63, 3.8) is 0 Å². The van der Waals surface area contributed by atoms with Gasteiger partial charge in [0, 0.05) is 17.3 Å². The minimum Gasteiger partial charge on any atom is -0.467 e. The van der Waals surface area contributed by atoms with Gasteiger partial charge in [0.1, 0.15) is 17.4 Å². The van der Waals surface area contributed by atoms with Crippen LogP contribution in [0, 0.1) is 11.6 Å². The van der Waals surface area contributed by atoms with E-state index < -0.39 is 24.1 Å². The number of hydrogen-bond acceptors (Lipinski definition) is 6. The minimum absolute atomic E-state index is 0.107. The van der Waals surface area contributed by atoms with Gasteiger partial charge in [-0.15, -0.1) is 0 Å². The monoisotopic (exact) mass is 382 g/mol. The standard InChI is InChI=1S/C19H12F2N4O3/c20-13-7-6-12(8-14(13)21)24-15(26)9-27-18-16-17(11-4-2-1-3-5-11)25-28-19(16)23-10-22-18/h1-8,10H,9H2,(H,24,26). The minimum atomic E-state index is -1.06. The van der Waals surface area contributed by atoms with Crippen LogP contribution in [-0.4, -0.2) is 27.6 Å². The highest BCUT2D eigenvalue weighted by Gasteiger charge is 2.18. The number of halogens is 2. The van der Waals surface area contributed by atoms with Crippen molar-refractivity contribution in [1.29, 1.82) is 0 Å². The second-order valence-electron chi connectivity index (χ2n) is 5.72. The normalized spacial score (nSPS) is 10.8. The molecule has 0 saturated carbocycles. The van der Waals surface area contributed by atoms with Crippen LogP contribution in [0.4, 0.5) is 14.5 Å². The molecule has 0 aliphatic carbocycles. The lowest BCUT2D eigenvalue weighted by Gasteiger charge is -2.08. The van der Waals surface area contributed by atoms with Crippen LogP contribution in [0.25, 0.3) is 22.4 Å². The molecule has 140 valence electrons. The topological polar surface area (TPSA) is 90.1 Å². The Balaban J connectivity index is 1.54. The van der Waals surface area contributed by atoms with Gasteiger partial charge < -0.3 is 14.6 Å². The summed E-state index contributed by atoms with van der Waals surface area (Å²) in [6.45, 7) is -0.412. The lowest BCUT2D eigenvalue weighted by molar-refractivity contribution is -0.118. The molecule has 0 fully saturated rings. The van der Waals surface area contributed by atoms with E-state index in [1.165, 1.54) is 12.4 Å². The first-order valence-electron chi connectivity index (χ1n) is 8.15. The first kappa shape index (κ1) is 17.5. The first-order valence-corrected chi connectivity index (χ1v) is 8.15. The van der Waals surface area contributed by atoms with Crippen LogP contribution >= 0.6 is 0 Å². The Morgan fingerprint density at radius 3 is 2.68 bits per heavy atom. The Hall–Kier alpha value is -3.88. The van der Waals surface area contributed by atoms with Crippen molar-refractivity contribution in [2.45, 2.75) is 0 Å². The van der Waals surface area contributed by atoms with Crippen LogP contribution in [-0.2, 0) is 4.79 Å². The molecule has 0 spiro atoms. The number of hydrogen-bond donors (Lipinski definition) is 1. The summed E-state index contributed by atoms with van der Waals surface area (Å²) in [5, 5.41) is 6.84. The van der Waals surface area contributed by atoms with Gasteiger partial charge in [0.05, 0.1) is 0 Å². The number of anilines is 1. The van der Waals surface area contributed by atoms with E-state index in [2.05, 4.69) is 20.4 Å². The van der Waals surface area contributed by atoms with E-state index in [9.17, 15) is 13.6 Å². The van der Waals surface area contributed by atoms with Gasteiger partial charge >= 0.3 is 0 Å². The average Bonchev–Trinajstić information content (AvgIpc) is 3.15. The number of amides is 1. The molecule has 28 heavy (non-hydrogen) atoms. The number of nitrogens with one attached hydrogen (secondary N) is 1. The molecule has 9 heteroatoms. The van der Waals surface area contributed by atoms with E-state index in [1.807, 2.05) is 30.3 Å². The number of carbonyl (C=O) groups is 1. The highest BCUT2D eigenvalue weighted by atomic mass is 19.2. The average molecular weight is 382 g/mol. The summed E-state index contributed by atoms with van der Waals surface area (Å²) in [6.07, 6.45) is 1.23. The smallest absolute Gasteiger partial charge is 0.265 e. The van der Waals surface area contributed by atoms with Crippen molar-refractivity contribution in [2.24, 2.45) is 0 Å². The Kier molecular flexibility index (Phi) is 4.63. The summed E-state index contributed by atoms with van der Waals surface area (Å²) >= 11 is 0. The summed E-state index contributed by atoms with van der Waals surface area (Å²) in [6, 6.07) is 12.3. The van der Waals surface area contributed by atoms with Crippen LogP contribution in [0.5, 0.6) is 5.88 Å². The summed E-state index contributed by atoms with van der Waals surface area (Å²) in [4.78, 5) is 20.1. The van der Waals surface area contributed by atoms with E-state index in [4.69, 9.17) is 9.26 Å². The van der Waals surface area contributed by atoms with Crippen LogP contribution in [0.3, 0.4) is 0 Å². The van der Waals surface area contributed by atoms with Gasteiger partial charge in [0.25, 0.3) is 11.6 Å². The molecule has 7 nitrogen and oxygen atoms in total. The second-order valence-corrected chi connectivity index (χ2v) is 5.72. The number of carbonyl (C=O) groups excluding carboxylic acids is 1. The fourth-order valence-corrected chi connectivity index (χ4v) is 2.57. The van der Waals surface area contributed by atoms with Gasteiger partial charge in [0.15, 0.2) is 18.2 Å². The summed E-state index contributed by atoms with van der Waals surface area (Å²) in [5.74, 6) is -2.52. The molecule has 0 bridgehead atoms. The van der Waals surface area contributed by atoms with E-state index >= 15 is 0 Å². The number of nitrogens with zero attached hydrogens (tertiary/aromatic N) is 3. The van der Waals surface area contributed by atoms with E-state index in [0.717, 1.165) is 17.7 Å². The van der Waals surface area contributed by atoms with Crippen molar-refractivity contribution in [2.75, 3.05) is 11.9 Å². The largest absolute Gasteiger partial charge is 0.467 e. The van der Waals surface area contributed by atoms with Crippen LogP contribution in [0.1, 0.15) is 0 Å². The molecule has 0 atom stereocenters. The first-order chi connectivity index (χ1) is 13.6. The van der Waals surface area contributed by atoms with Crippen LogP contribution in [0.2, 0.25) is 0 Å². The number of aromatic nitrogens is 3. The van der Waals surface area contributed by atoms with Gasteiger partial charge in [-0.3, -0.25) is 4.79 Å². The SMILES string of the molecule is O=C(COc1ncnc2onc(-c3ccccc3)c12)Nc1ccc(F)c(F)c1. The zero-order valence-corrected chi connectivity index (χ0v) is 14.2. The van der Waals surface area contributed by atoms with Crippen molar-refractivity contribution in [3.8, 4) is 17.1 Å². The zero-order chi connectivity index (χ0) is 19.5. The molecule has 1 N–H and O–H groups in total. The van der Waals surface area contributed by atoms with Crippen molar-refractivity contribution >= 4 is 22.7 Å². The molecular weight excluding hydrogens is 370 g/mol. The number of benzene rings is 2. The third kappa shape index (κ3) is 3.50. The molecule has 4 aromatic rings. The summed E-state index contributed by atoms with van der Waals surface area (Å²) < 4.78 is 36.9. The molecule has 2 aromatic heterocycles. The predicted octanol–water partition coefficient (Wildman–Crippen LogP) is 3.58. The molecule has 4 rings (SSSR count). The molecule has 0 unspecified atom stereocenters. The Labute approximate surface area is 157 Å². The Morgan fingerprint density at radius 1 is 1.07 bits per heavy atom. The molecule has 0 radical (unpaired) electrons. The molecule has 1 amide bonds. The molecular formula is C19H12F2N4O3. The fraction of sp³-hybridized carbons (Fsp3) is 0.0526. The lowest BCUT2D eigenvalue weighted by Crippen LogP contribution is -2.20.